The van der Waals surface area contributed by atoms with Gasteiger partial charge in [0.25, 0.3) is 0 Å². The molecule has 0 bridgehead atoms. The number of carbonyl (C=O) groups excluding carboxylic acids is 9. The summed E-state index contributed by atoms with van der Waals surface area (Å²) in [5, 5.41) is 56.7. The van der Waals surface area contributed by atoms with Gasteiger partial charge in [-0.15, -0.1) is 0 Å². The van der Waals surface area contributed by atoms with Crippen molar-refractivity contribution in [3.8, 4) is 0 Å². The topological polar surface area (TPSA) is 491 Å². The molecule has 9 amide bonds. The van der Waals surface area contributed by atoms with E-state index in [0.29, 0.717) is 17.0 Å². The normalized spacial score (nSPS) is 14.0. The Morgan fingerprint density at radius 3 is 1.51 bits per heavy atom. The van der Waals surface area contributed by atoms with Gasteiger partial charge in [-0.05, 0) is 36.8 Å². The van der Waals surface area contributed by atoms with Crippen molar-refractivity contribution >= 4 is 82.8 Å². The zero-order valence-electron chi connectivity index (χ0n) is 40.9. The molecule has 0 saturated carbocycles. The van der Waals surface area contributed by atoms with Crippen LogP contribution in [0.5, 0.6) is 0 Å². The van der Waals surface area contributed by atoms with Crippen LogP contribution in [-0.4, -0.2) is 185 Å². The van der Waals surface area contributed by atoms with Gasteiger partial charge in [-0.1, -0.05) is 30.3 Å². The fourth-order valence-electron chi connectivity index (χ4n) is 6.93. The zero-order valence-corrected chi connectivity index (χ0v) is 41.8. The highest BCUT2D eigenvalue weighted by molar-refractivity contribution is 7.98. The Hall–Kier alpha value is -8.45. The van der Waals surface area contributed by atoms with Gasteiger partial charge in [0.2, 0.25) is 53.2 Å². The number of carboxylic acid groups (broad SMARTS) is 3. The van der Waals surface area contributed by atoms with E-state index in [4.69, 9.17) is 11.5 Å². The first-order chi connectivity index (χ1) is 36.1. The summed E-state index contributed by atoms with van der Waals surface area (Å²) in [5.74, 6) is -13.2. The zero-order chi connectivity index (χ0) is 56.3. The number of rotatable bonds is 35. The van der Waals surface area contributed by atoms with Crippen LogP contribution in [0.3, 0.4) is 0 Å². The minimum Gasteiger partial charge on any atom is -0.481 e. The lowest BCUT2D eigenvalue weighted by molar-refractivity contribution is -0.143. The highest BCUT2D eigenvalue weighted by Gasteiger charge is 2.35. The van der Waals surface area contributed by atoms with E-state index in [1.54, 1.807) is 36.6 Å². The van der Waals surface area contributed by atoms with Crippen molar-refractivity contribution in [3.63, 3.8) is 0 Å². The molecule has 30 nitrogen and oxygen atoms in total. The number of imidazole rings is 2. The first-order valence-electron chi connectivity index (χ1n) is 23.3. The highest BCUT2D eigenvalue weighted by atomic mass is 32.2. The number of benzene rings is 1. The fraction of sp³-hybridized carbons (Fsp3) is 0.467. The number of nitrogens with zero attached hydrogens (tertiary/aromatic N) is 2. The molecule has 0 fully saturated rings. The number of aromatic nitrogens is 4. The summed E-state index contributed by atoms with van der Waals surface area (Å²) in [7, 11) is 0. The van der Waals surface area contributed by atoms with Gasteiger partial charge < -0.3 is 84.4 Å². The predicted molar refractivity (Wildman–Crippen MR) is 265 cm³/mol. The molecule has 0 unspecified atom stereocenters. The third kappa shape index (κ3) is 22.3. The molecule has 0 saturated heterocycles. The number of nitrogens with two attached hydrogens (primary N) is 2. The van der Waals surface area contributed by atoms with Crippen LogP contribution in [0, 0.1) is 0 Å². The molecule has 2 aromatic heterocycles. The lowest BCUT2D eigenvalue weighted by Gasteiger charge is -2.27. The second-order valence-corrected chi connectivity index (χ2v) is 17.9. The van der Waals surface area contributed by atoms with E-state index in [9.17, 15) is 78.0 Å². The third-order valence-electron chi connectivity index (χ3n) is 10.9. The summed E-state index contributed by atoms with van der Waals surface area (Å²) >= 11 is 1.42. The molecule has 0 aliphatic carbocycles. The van der Waals surface area contributed by atoms with E-state index in [1.165, 1.54) is 36.8 Å². The number of carboxylic acids is 3. The number of hydrogen-bond donors (Lipinski definition) is 16. The summed E-state index contributed by atoms with van der Waals surface area (Å²) in [6, 6.07) is -4.27. The first-order valence-corrected chi connectivity index (χ1v) is 24.7. The maximum atomic E-state index is 14.2. The van der Waals surface area contributed by atoms with Gasteiger partial charge in [-0.3, -0.25) is 52.7 Å². The highest BCUT2D eigenvalue weighted by Crippen LogP contribution is 2.10. The van der Waals surface area contributed by atoms with E-state index < -0.39 is 165 Å². The average Bonchev–Trinajstić information content (AvgIpc) is 4.10. The van der Waals surface area contributed by atoms with Crippen molar-refractivity contribution in [2.75, 3.05) is 25.2 Å². The molecule has 18 N–H and O–H groups in total. The van der Waals surface area contributed by atoms with E-state index in [2.05, 4.69) is 62.5 Å². The number of thioether (sulfide) groups is 1. The third-order valence-corrected chi connectivity index (χ3v) is 11.6. The van der Waals surface area contributed by atoms with Crippen LogP contribution in [0.2, 0.25) is 0 Å². The van der Waals surface area contributed by atoms with Crippen LogP contribution in [0.1, 0.15) is 55.5 Å². The van der Waals surface area contributed by atoms with Gasteiger partial charge in [0.15, 0.2) is 0 Å². The number of H-pyrrole nitrogens is 2. The van der Waals surface area contributed by atoms with Crippen LogP contribution in [0.15, 0.2) is 55.4 Å². The molecular formula is C45H62N14O16S. The number of hydrogen-bond acceptors (Lipinski definition) is 17. The quantitative estimate of drug-likeness (QED) is 0.0261. The van der Waals surface area contributed by atoms with Crippen molar-refractivity contribution in [2.45, 2.75) is 106 Å². The number of aromatic amines is 2. The largest absolute Gasteiger partial charge is 0.481 e. The number of aliphatic carboxylic acids is 3. The molecular weight excluding hydrogens is 1020 g/mol. The van der Waals surface area contributed by atoms with Crippen LogP contribution in [0.25, 0.3) is 0 Å². The number of aliphatic hydroxyl groups is 1. The van der Waals surface area contributed by atoms with Gasteiger partial charge in [0.1, 0.15) is 42.3 Å². The van der Waals surface area contributed by atoms with Gasteiger partial charge in [-0.2, -0.15) is 11.8 Å². The molecule has 3 rings (SSSR count). The molecule has 3 aromatic rings. The maximum Gasteiger partial charge on any atom is 0.326 e. The van der Waals surface area contributed by atoms with Gasteiger partial charge in [0, 0.05) is 55.9 Å². The van der Waals surface area contributed by atoms with Gasteiger partial charge in [-0.25, -0.2) is 14.8 Å². The first kappa shape index (κ1) is 61.8. The molecule has 1 aromatic carbocycles. The Kier molecular flexibility index (Phi) is 26.0. The second kappa shape index (κ2) is 32.0. The number of aliphatic hydroxyl groups excluding tert-OH is 1. The van der Waals surface area contributed by atoms with E-state index in [1.807, 2.05) is 0 Å². The molecule has 31 heteroatoms. The van der Waals surface area contributed by atoms with Gasteiger partial charge in [0.05, 0.1) is 38.3 Å². The Morgan fingerprint density at radius 1 is 0.579 bits per heavy atom. The summed E-state index contributed by atoms with van der Waals surface area (Å²) in [6.45, 7) is -2.08. The summed E-state index contributed by atoms with van der Waals surface area (Å²) in [6.07, 6.45) is 3.33. The van der Waals surface area contributed by atoms with E-state index in [0.717, 1.165) is 0 Å². The molecule has 414 valence electrons. The number of amides is 9. The molecule has 0 radical (unpaired) electrons. The summed E-state index contributed by atoms with van der Waals surface area (Å²) < 4.78 is 0. The average molecular weight is 1090 g/mol. The van der Waals surface area contributed by atoms with Crippen molar-refractivity contribution in [1.29, 1.82) is 0 Å². The van der Waals surface area contributed by atoms with Crippen molar-refractivity contribution in [3.05, 3.63) is 72.3 Å². The number of primary amides is 1. The van der Waals surface area contributed by atoms with Crippen LogP contribution >= 0.6 is 11.8 Å². The molecule has 0 aliphatic rings. The van der Waals surface area contributed by atoms with Crippen molar-refractivity contribution in [1.82, 2.24) is 62.5 Å². The molecule has 8 atom stereocenters. The number of nitrogens with one attached hydrogen (secondary N) is 10. The van der Waals surface area contributed by atoms with Crippen LogP contribution in [0.4, 0.5) is 0 Å². The SMILES string of the molecule is CSCC[C@H](N)C(=O)N[C@@H](CCC(=O)O)C(=O)N[C@@H](Cc1ccccc1)C(=O)N[C@@H](Cc1cnc[nH]1)C(=O)N[C@@H](CC(N)=O)C(=O)NCC(=O)N[C@@H](CO)C(=O)N[C@@H](CCC(=O)O)C(=O)N[C@@H](Cc1cnc[nH]1)C(=O)O. The van der Waals surface area contributed by atoms with Crippen LogP contribution in [-0.2, 0) is 76.8 Å². The van der Waals surface area contributed by atoms with Crippen molar-refractivity contribution < 1.29 is 78.0 Å². The summed E-state index contributed by atoms with van der Waals surface area (Å²) in [4.78, 5) is 168. The van der Waals surface area contributed by atoms with Crippen molar-refractivity contribution in [2.24, 2.45) is 11.5 Å². The predicted octanol–water partition coefficient (Wildman–Crippen LogP) is -5.57. The van der Waals surface area contributed by atoms with Crippen LogP contribution < -0.4 is 54.0 Å². The molecule has 76 heavy (non-hydrogen) atoms. The lowest BCUT2D eigenvalue weighted by Crippen LogP contribution is -2.60. The van der Waals surface area contributed by atoms with Gasteiger partial charge >= 0.3 is 17.9 Å². The van der Waals surface area contributed by atoms with E-state index >= 15 is 0 Å². The minimum atomic E-state index is -1.84. The Bertz CT molecular complexity index is 2470. The smallest absolute Gasteiger partial charge is 0.326 e. The Morgan fingerprint density at radius 2 is 1.04 bits per heavy atom. The Balaban J connectivity index is 1.78. The lowest BCUT2D eigenvalue weighted by atomic mass is 10.0. The minimum absolute atomic E-state index is 0.196. The molecule has 0 aliphatic heterocycles. The van der Waals surface area contributed by atoms with E-state index in [-0.39, 0.29) is 31.4 Å². The maximum absolute atomic E-state index is 14.2. The second-order valence-electron chi connectivity index (χ2n) is 16.9. The fourth-order valence-corrected chi connectivity index (χ4v) is 7.42. The molecule has 0 spiro atoms. The monoisotopic (exact) mass is 1090 g/mol. The summed E-state index contributed by atoms with van der Waals surface area (Å²) in [5.41, 5.74) is 12.5. The number of carbonyl (C=O) groups is 12. The Labute approximate surface area is 437 Å². The molecule has 2 heterocycles. The standard InChI is InChI=1S/C45H62N14O16S/c1-76-12-11-26(46)38(67)54-27(7-9-36(63)64)40(69)56-29(13-23-5-3-2-4-6-23)42(71)57-30(14-24-17-48-21-51-24)43(72)58-31(16-34(47)61)39(68)50-19-35(62)53-33(20-60)44(73)55-28(8-10-37(65)66)41(70)59-32(45(74)75)15-25-18-49-22-52-25/h2-6,17-18,21-22,26-33,60H,7-16,19-20,46H2,1H3,(H2,47,61)(H,48,51)(H,49,52)(H,50,68)(H,53,62)(H,54,67)(H,55,73)(H,56,69)(H,57,71)(H,58,72)(H,59,70)(H,63,64)(H,65,66)(H,74,75)/t26-,27-,28-,29-,30-,31-,32-,33-/m0/s1.